The van der Waals surface area contributed by atoms with E-state index in [0.717, 1.165) is 5.56 Å². The molecule has 2 heterocycles. The molecule has 0 amide bonds. The molecule has 0 spiro atoms. The van der Waals surface area contributed by atoms with Crippen LogP contribution in [0.1, 0.15) is 43.0 Å². The van der Waals surface area contributed by atoms with Crippen LogP contribution in [0.5, 0.6) is 0 Å². The molecule has 1 aliphatic carbocycles. The Balaban J connectivity index is 1.83. The van der Waals surface area contributed by atoms with Crippen molar-refractivity contribution in [3.8, 4) is 5.69 Å². The maximum Gasteiger partial charge on any atom is 0.391 e. The zero-order chi connectivity index (χ0) is 20.1. The van der Waals surface area contributed by atoms with Crippen LogP contribution < -0.4 is 5.56 Å². The van der Waals surface area contributed by atoms with Crippen molar-refractivity contribution >= 4 is 21.6 Å². The minimum Gasteiger partial charge on any atom is -0.267 e. The van der Waals surface area contributed by atoms with Gasteiger partial charge in [-0.1, -0.05) is 0 Å². The van der Waals surface area contributed by atoms with Crippen LogP contribution in [0.15, 0.2) is 34.4 Å². The fourth-order valence-corrected chi connectivity index (χ4v) is 4.81. The van der Waals surface area contributed by atoms with E-state index in [2.05, 4.69) is 0 Å². The van der Waals surface area contributed by atoms with E-state index in [9.17, 15) is 22.4 Å². The number of fused-ring (bicyclic) bond motifs is 1. The predicted octanol–water partition coefficient (Wildman–Crippen LogP) is 5.73. The van der Waals surface area contributed by atoms with Crippen LogP contribution in [0.2, 0.25) is 0 Å². The highest BCUT2D eigenvalue weighted by molar-refractivity contribution is 7.17. The van der Waals surface area contributed by atoms with Gasteiger partial charge in [0.15, 0.2) is 0 Å². The summed E-state index contributed by atoms with van der Waals surface area (Å²) < 4.78 is 54.4. The first-order valence-electron chi connectivity index (χ1n) is 9.09. The van der Waals surface area contributed by atoms with Gasteiger partial charge in [-0.3, -0.25) is 9.36 Å². The number of hydrogen-bond donors (Lipinski definition) is 0. The van der Waals surface area contributed by atoms with Gasteiger partial charge in [0.2, 0.25) is 0 Å². The van der Waals surface area contributed by atoms with E-state index in [4.69, 9.17) is 4.98 Å². The highest BCUT2D eigenvalue weighted by Gasteiger charge is 2.42. The van der Waals surface area contributed by atoms with Crippen LogP contribution in [-0.2, 0) is 0 Å². The van der Waals surface area contributed by atoms with Gasteiger partial charge in [-0.2, -0.15) is 13.2 Å². The largest absolute Gasteiger partial charge is 0.391 e. The van der Waals surface area contributed by atoms with Gasteiger partial charge in [0, 0.05) is 5.92 Å². The highest BCUT2D eigenvalue weighted by atomic mass is 32.1. The van der Waals surface area contributed by atoms with Gasteiger partial charge < -0.3 is 0 Å². The normalized spacial score (nSPS) is 20.6. The topological polar surface area (TPSA) is 34.9 Å². The second kappa shape index (κ2) is 6.99. The van der Waals surface area contributed by atoms with Crippen molar-refractivity contribution in [2.75, 3.05) is 0 Å². The van der Waals surface area contributed by atoms with Crippen molar-refractivity contribution in [3.05, 3.63) is 57.2 Å². The Labute approximate surface area is 162 Å². The number of thiophene rings is 1. The van der Waals surface area contributed by atoms with Gasteiger partial charge in [0.25, 0.3) is 5.56 Å². The molecule has 8 heteroatoms. The number of alkyl halides is 3. The number of nitrogens with zero attached hydrogens (tertiary/aromatic N) is 2. The van der Waals surface area contributed by atoms with Crippen molar-refractivity contribution in [1.29, 1.82) is 0 Å². The average molecular weight is 410 g/mol. The number of hydrogen-bond acceptors (Lipinski definition) is 3. The van der Waals surface area contributed by atoms with Gasteiger partial charge in [-0.15, -0.1) is 11.3 Å². The lowest BCUT2D eigenvalue weighted by molar-refractivity contribution is -0.182. The van der Waals surface area contributed by atoms with E-state index in [0.29, 0.717) is 34.6 Å². The summed E-state index contributed by atoms with van der Waals surface area (Å²) >= 11 is 1.29. The Hall–Kier alpha value is -2.22. The first kappa shape index (κ1) is 19.1. The smallest absolute Gasteiger partial charge is 0.267 e. The summed E-state index contributed by atoms with van der Waals surface area (Å²) in [7, 11) is 0. The molecule has 3 aromatic rings. The molecule has 4 rings (SSSR count). The fraction of sp³-hybridized carbons (Fsp3) is 0.400. The number of benzene rings is 1. The molecule has 1 saturated carbocycles. The van der Waals surface area contributed by atoms with Gasteiger partial charge in [-0.25, -0.2) is 9.37 Å². The minimum absolute atomic E-state index is 0.0219. The summed E-state index contributed by atoms with van der Waals surface area (Å²) in [5.74, 6) is -1.52. The van der Waals surface area contributed by atoms with Crippen LogP contribution in [0.3, 0.4) is 0 Å². The summed E-state index contributed by atoms with van der Waals surface area (Å²) in [6.07, 6.45) is -3.52. The zero-order valence-electron chi connectivity index (χ0n) is 15.1. The van der Waals surface area contributed by atoms with Crippen molar-refractivity contribution in [1.82, 2.24) is 9.55 Å². The van der Waals surface area contributed by atoms with Crippen LogP contribution in [0.4, 0.5) is 17.6 Å². The van der Waals surface area contributed by atoms with Crippen LogP contribution in [-0.4, -0.2) is 15.7 Å². The third-order valence-electron chi connectivity index (χ3n) is 5.44. The summed E-state index contributed by atoms with van der Waals surface area (Å²) in [4.78, 5) is 17.9. The van der Waals surface area contributed by atoms with E-state index in [1.54, 1.807) is 0 Å². The molecule has 148 valence electrons. The molecule has 0 saturated heterocycles. The van der Waals surface area contributed by atoms with Crippen LogP contribution >= 0.6 is 11.3 Å². The van der Waals surface area contributed by atoms with Gasteiger partial charge >= 0.3 is 6.18 Å². The molecular formula is C20H18F4N2OS. The molecule has 0 N–H and O–H groups in total. The number of aromatic nitrogens is 2. The van der Waals surface area contributed by atoms with E-state index in [1.165, 1.54) is 40.2 Å². The first-order valence-corrected chi connectivity index (χ1v) is 9.97. The lowest BCUT2D eigenvalue weighted by Crippen LogP contribution is -2.30. The molecular weight excluding hydrogens is 392 g/mol. The molecule has 0 radical (unpaired) electrons. The summed E-state index contributed by atoms with van der Waals surface area (Å²) in [6.45, 7) is 1.86. The quantitative estimate of drug-likeness (QED) is 0.506. The molecule has 1 aromatic carbocycles. The molecule has 2 aromatic heterocycles. The average Bonchev–Trinajstić information content (AvgIpc) is 3.03. The SMILES string of the molecule is Cc1csc2c(=O)n(-c3ccc(F)cc3)c([C@H]3CC[C@@H](C(F)(F)F)CC3)nc12. The molecule has 3 nitrogen and oxygen atoms in total. The summed E-state index contributed by atoms with van der Waals surface area (Å²) in [5.41, 5.74) is 1.68. The number of aryl methyl sites for hydroxylation is 1. The molecule has 0 atom stereocenters. The van der Waals surface area contributed by atoms with Crippen LogP contribution in [0, 0.1) is 18.7 Å². The summed E-state index contributed by atoms with van der Waals surface area (Å²) in [6, 6.07) is 5.51. The van der Waals surface area contributed by atoms with Gasteiger partial charge in [0.1, 0.15) is 16.3 Å². The third kappa shape index (κ3) is 3.34. The maximum absolute atomic E-state index is 13.4. The third-order valence-corrected chi connectivity index (χ3v) is 6.51. The highest BCUT2D eigenvalue weighted by Crippen LogP contribution is 2.43. The molecule has 0 bridgehead atoms. The Bertz CT molecular complexity index is 1060. The van der Waals surface area contributed by atoms with Crippen molar-refractivity contribution in [2.24, 2.45) is 5.92 Å². The number of rotatable bonds is 2. The van der Waals surface area contributed by atoms with Crippen molar-refractivity contribution in [2.45, 2.75) is 44.7 Å². The summed E-state index contributed by atoms with van der Waals surface area (Å²) in [5, 5.41) is 1.85. The van der Waals surface area contributed by atoms with Gasteiger partial charge in [0.05, 0.1) is 17.1 Å². The lowest BCUT2D eigenvalue weighted by atomic mass is 9.81. The van der Waals surface area contributed by atoms with E-state index < -0.39 is 17.9 Å². The van der Waals surface area contributed by atoms with E-state index >= 15 is 0 Å². The first-order chi connectivity index (χ1) is 13.3. The van der Waals surface area contributed by atoms with Crippen molar-refractivity contribution < 1.29 is 17.6 Å². The second-order valence-electron chi connectivity index (χ2n) is 7.27. The van der Waals surface area contributed by atoms with E-state index in [-0.39, 0.29) is 24.3 Å². The predicted molar refractivity (Wildman–Crippen MR) is 101 cm³/mol. The van der Waals surface area contributed by atoms with Gasteiger partial charge in [-0.05, 0) is 67.8 Å². The fourth-order valence-electron chi connectivity index (χ4n) is 3.89. The lowest BCUT2D eigenvalue weighted by Gasteiger charge is -2.30. The Kier molecular flexibility index (Phi) is 4.77. The Morgan fingerprint density at radius 2 is 1.75 bits per heavy atom. The van der Waals surface area contributed by atoms with E-state index in [1.807, 2.05) is 12.3 Å². The molecule has 1 aliphatic rings. The number of halogens is 4. The zero-order valence-corrected chi connectivity index (χ0v) is 15.9. The molecule has 0 aliphatic heterocycles. The minimum atomic E-state index is -4.19. The Morgan fingerprint density at radius 3 is 2.36 bits per heavy atom. The second-order valence-corrected chi connectivity index (χ2v) is 8.15. The molecule has 28 heavy (non-hydrogen) atoms. The Morgan fingerprint density at radius 1 is 1.11 bits per heavy atom. The standard InChI is InChI=1S/C20H18F4N2OS/c1-11-10-28-17-16(11)25-18(12-2-4-13(5-3-12)20(22,23)24)26(19(17)27)15-8-6-14(21)7-9-15/h6-10,12-13H,2-5H2,1H3/t12-,13+. The molecule has 1 fully saturated rings. The molecule has 0 unspecified atom stereocenters. The van der Waals surface area contributed by atoms with Crippen molar-refractivity contribution in [3.63, 3.8) is 0 Å². The maximum atomic E-state index is 13.4. The van der Waals surface area contributed by atoms with Crippen LogP contribution in [0.25, 0.3) is 15.9 Å². The monoisotopic (exact) mass is 410 g/mol.